The van der Waals surface area contributed by atoms with Crippen molar-refractivity contribution in [2.75, 3.05) is 11.9 Å². The zero-order valence-corrected chi connectivity index (χ0v) is 15.1. The topological polar surface area (TPSA) is 99.2 Å². The molecule has 8 heteroatoms. The number of hydrogen-bond donors (Lipinski definition) is 2. The zero-order chi connectivity index (χ0) is 16.9. The van der Waals surface area contributed by atoms with E-state index >= 15 is 0 Å². The van der Waals surface area contributed by atoms with Crippen LogP contribution >= 0.6 is 12.4 Å². The Morgan fingerprint density at radius 3 is 2.57 bits per heavy atom. The van der Waals surface area contributed by atoms with Crippen molar-refractivity contribution < 1.29 is 14.3 Å². The molecule has 2 unspecified atom stereocenters. The van der Waals surface area contributed by atoms with E-state index in [1.54, 1.807) is 27.0 Å². The second-order valence-electron chi connectivity index (χ2n) is 5.85. The molecule has 0 fully saturated rings. The molecule has 2 atom stereocenters. The van der Waals surface area contributed by atoms with Gasteiger partial charge in [0.15, 0.2) is 5.54 Å². The molecule has 1 heterocycles. The molecule has 0 saturated carbocycles. The van der Waals surface area contributed by atoms with Crippen LogP contribution in [0.4, 0.5) is 5.69 Å². The average Bonchev–Trinajstić information content (AvgIpc) is 2.94. The SMILES string of the molecule is CCOC(=O)C(C)(C)n1cc(NC(=O)C(N)C(C)CC)cn1.Cl. The van der Waals surface area contributed by atoms with E-state index < -0.39 is 11.6 Å². The van der Waals surface area contributed by atoms with E-state index in [4.69, 9.17) is 10.5 Å². The van der Waals surface area contributed by atoms with Crippen molar-refractivity contribution >= 4 is 30.0 Å². The summed E-state index contributed by atoms with van der Waals surface area (Å²) in [4.78, 5) is 24.0. The highest BCUT2D eigenvalue weighted by Gasteiger charge is 2.32. The monoisotopic (exact) mass is 346 g/mol. The quantitative estimate of drug-likeness (QED) is 0.735. The molecular formula is C15H27ClN4O3. The van der Waals surface area contributed by atoms with Gasteiger partial charge in [-0.05, 0) is 26.7 Å². The highest BCUT2D eigenvalue weighted by atomic mass is 35.5. The van der Waals surface area contributed by atoms with Crippen molar-refractivity contribution in [2.45, 2.75) is 52.6 Å². The number of carbonyl (C=O) groups excluding carboxylic acids is 2. The lowest BCUT2D eigenvalue weighted by atomic mass is 9.99. The van der Waals surface area contributed by atoms with Crippen molar-refractivity contribution in [3.8, 4) is 0 Å². The number of rotatable bonds is 7. The molecule has 1 aromatic rings. The largest absolute Gasteiger partial charge is 0.464 e. The number of halogens is 1. The second-order valence-corrected chi connectivity index (χ2v) is 5.85. The number of anilines is 1. The molecule has 0 spiro atoms. The van der Waals surface area contributed by atoms with Crippen LogP contribution in [0.3, 0.4) is 0 Å². The Kier molecular flexibility index (Phi) is 8.26. The number of hydrogen-bond acceptors (Lipinski definition) is 5. The van der Waals surface area contributed by atoms with Gasteiger partial charge in [0.2, 0.25) is 5.91 Å². The molecule has 23 heavy (non-hydrogen) atoms. The van der Waals surface area contributed by atoms with Gasteiger partial charge in [-0.1, -0.05) is 20.3 Å². The van der Waals surface area contributed by atoms with Gasteiger partial charge in [-0.3, -0.25) is 9.48 Å². The molecule has 0 bridgehead atoms. The summed E-state index contributed by atoms with van der Waals surface area (Å²) in [7, 11) is 0. The van der Waals surface area contributed by atoms with Gasteiger partial charge in [0.1, 0.15) is 0 Å². The van der Waals surface area contributed by atoms with Gasteiger partial charge in [-0.25, -0.2) is 4.79 Å². The van der Waals surface area contributed by atoms with E-state index in [-0.39, 0.29) is 30.2 Å². The summed E-state index contributed by atoms with van der Waals surface area (Å²) in [6, 6.07) is -0.577. The Hall–Kier alpha value is -1.60. The fourth-order valence-corrected chi connectivity index (χ4v) is 1.83. The van der Waals surface area contributed by atoms with Gasteiger partial charge in [0.05, 0.1) is 24.5 Å². The molecule has 7 nitrogen and oxygen atoms in total. The van der Waals surface area contributed by atoms with Crippen LogP contribution in [0.2, 0.25) is 0 Å². The van der Waals surface area contributed by atoms with Crippen LogP contribution in [0, 0.1) is 5.92 Å². The van der Waals surface area contributed by atoms with Crippen LogP contribution in [0.5, 0.6) is 0 Å². The summed E-state index contributed by atoms with van der Waals surface area (Å²) >= 11 is 0. The fourth-order valence-electron chi connectivity index (χ4n) is 1.83. The maximum absolute atomic E-state index is 12.0. The lowest BCUT2D eigenvalue weighted by molar-refractivity contribution is -0.152. The Labute approximate surface area is 143 Å². The Morgan fingerprint density at radius 2 is 2.04 bits per heavy atom. The molecular weight excluding hydrogens is 320 g/mol. The molecule has 0 aliphatic carbocycles. The predicted molar refractivity (Wildman–Crippen MR) is 91.5 cm³/mol. The van der Waals surface area contributed by atoms with Crippen LogP contribution in [0.1, 0.15) is 41.0 Å². The number of aromatic nitrogens is 2. The number of nitrogens with two attached hydrogens (primary N) is 1. The molecule has 0 radical (unpaired) electrons. The molecule has 0 saturated heterocycles. The summed E-state index contributed by atoms with van der Waals surface area (Å²) in [6.45, 7) is 9.37. The second kappa shape index (κ2) is 8.88. The molecule has 1 amide bonds. The van der Waals surface area contributed by atoms with Gasteiger partial charge in [0, 0.05) is 6.20 Å². The van der Waals surface area contributed by atoms with Crippen molar-refractivity contribution in [3.05, 3.63) is 12.4 Å². The third-order valence-electron chi connectivity index (χ3n) is 3.76. The molecule has 0 aromatic carbocycles. The minimum absolute atomic E-state index is 0. The predicted octanol–water partition coefficient (Wildman–Crippen LogP) is 1.91. The summed E-state index contributed by atoms with van der Waals surface area (Å²) < 4.78 is 6.50. The van der Waals surface area contributed by atoms with Crippen LogP contribution in [-0.2, 0) is 19.9 Å². The normalized spacial score (nSPS) is 13.7. The third kappa shape index (κ3) is 5.21. The standard InChI is InChI=1S/C15H26N4O3.ClH/c1-6-10(3)12(16)13(20)18-11-8-17-19(9-11)15(4,5)14(21)22-7-2;/h8-10,12H,6-7,16H2,1-5H3,(H,18,20);1H. The van der Waals surface area contributed by atoms with E-state index in [1.807, 2.05) is 13.8 Å². The van der Waals surface area contributed by atoms with Gasteiger partial charge in [-0.2, -0.15) is 5.10 Å². The van der Waals surface area contributed by atoms with Crippen LogP contribution < -0.4 is 11.1 Å². The summed E-state index contributed by atoms with van der Waals surface area (Å²) in [5, 5.41) is 6.85. The highest BCUT2D eigenvalue weighted by Crippen LogP contribution is 2.19. The zero-order valence-electron chi connectivity index (χ0n) is 14.3. The van der Waals surface area contributed by atoms with E-state index in [0.29, 0.717) is 12.3 Å². The van der Waals surface area contributed by atoms with E-state index in [1.165, 1.54) is 10.9 Å². The van der Waals surface area contributed by atoms with Gasteiger partial charge >= 0.3 is 5.97 Å². The van der Waals surface area contributed by atoms with Gasteiger partial charge in [0.25, 0.3) is 0 Å². The molecule has 0 aliphatic rings. The lowest BCUT2D eigenvalue weighted by Crippen LogP contribution is -2.40. The van der Waals surface area contributed by atoms with Crippen LogP contribution in [0.15, 0.2) is 12.4 Å². The first-order chi connectivity index (χ1) is 10.2. The molecule has 3 N–H and O–H groups in total. The average molecular weight is 347 g/mol. The van der Waals surface area contributed by atoms with Crippen molar-refractivity contribution in [2.24, 2.45) is 11.7 Å². The van der Waals surface area contributed by atoms with Gasteiger partial charge in [-0.15, -0.1) is 12.4 Å². The smallest absolute Gasteiger partial charge is 0.333 e. The lowest BCUT2D eigenvalue weighted by Gasteiger charge is -2.22. The minimum Gasteiger partial charge on any atom is -0.464 e. The van der Waals surface area contributed by atoms with Crippen molar-refractivity contribution in [3.63, 3.8) is 0 Å². The third-order valence-corrected chi connectivity index (χ3v) is 3.76. The molecule has 0 aliphatic heterocycles. The first-order valence-corrected chi connectivity index (χ1v) is 7.52. The minimum atomic E-state index is -0.947. The Morgan fingerprint density at radius 1 is 1.43 bits per heavy atom. The molecule has 1 rings (SSSR count). The number of amides is 1. The maximum atomic E-state index is 12.0. The summed E-state index contributed by atoms with van der Waals surface area (Å²) in [5.74, 6) is -0.554. The Balaban J connectivity index is 0.00000484. The van der Waals surface area contributed by atoms with Crippen LogP contribution in [0.25, 0.3) is 0 Å². The van der Waals surface area contributed by atoms with E-state index in [2.05, 4.69) is 10.4 Å². The number of nitrogens with zero attached hydrogens (tertiary/aromatic N) is 2. The highest BCUT2D eigenvalue weighted by molar-refractivity contribution is 5.94. The summed E-state index contributed by atoms with van der Waals surface area (Å²) in [5.41, 5.74) is 5.44. The molecule has 1 aromatic heterocycles. The molecule has 132 valence electrons. The van der Waals surface area contributed by atoms with E-state index in [0.717, 1.165) is 6.42 Å². The summed E-state index contributed by atoms with van der Waals surface area (Å²) in [6.07, 6.45) is 3.91. The first-order valence-electron chi connectivity index (χ1n) is 7.52. The number of ether oxygens (including phenoxy) is 1. The number of esters is 1. The van der Waals surface area contributed by atoms with Crippen molar-refractivity contribution in [1.82, 2.24) is 9.78 Å². The fraction of sp³-hybridized carbons (Fsp3) is 0.667. The van der Waals surface area contributed by atoms with Gasteiger partial charge < -0.3 is 15.8 Å². The maximum Gasteiger partial charge on any atom is 0.333 e. The van der Waals surface area contributed by atoms with E-state index in [9.17, 15) is 9.59 Å². The first kappa shape index (κ1) is 21.4. The Bertz CT molecular complexity index is 531. The number of nitrogens with one attached hydrogen (secondary N) is 1. The van der Waals surface area contributed by atoms with Crippen LogP contribution in [-0.4, -0.2) is 34.3 Å². The van der Waals surface area contributed by atoms with Crippen molar-refractivity contribution in [1.29, 1.82) is 0 Å². The number of carbonyl (C=O) groups is 2.